The average Bonchev–Trinajstić information content (AvgIpc) is 2.29. The number of aromatic nitrogens is 2. The van der Waals surface area contributed by atoms with Gasteiger partial charge in [0.15, 0.2) is 0 Å². The number of nitrogens with one attached hydrogen (secondary N) is 1. The van der Waals surface area contributed by atoms with Crippen LogP contribution in [0.25, 0.3) is 0 Å². The van der Waals surface area contributed by atoms with E-state index in [2.05, 4.69) is 15.3 Å². The van der Waals surface area contributed by atoms with Crippen LogP contribution in [-0.2, 0) is 4.74 Å². The first-order valence-electron chi connectivity index (χ1n) is 5.24. The van der Waals surface area contributed by atoms with Gasteiger partial charge in [0.25, 0.3) is 0 Å². The van der Waals surface area contributed by atoms with Gasteiger partial charge in [0.1, 0.15) is 5.82 Å². The molecule has 0 amide bonds. The Balaban J connectivity index is 2.73. The summed E-state index contributed by atoms with van der Waals surface area (Å²) in [5.41, 5.74) is 5.54. The molecular formula is C10H18N4O3. The van der Waals surface area contributed by atoms with E-state index in [1.165, 1.54) is 7.11 Å². The number of methoxy groups -OCH3 is 2. The summed E-state index contributed by atoms with van der Waals surface area (Å²) >= 11 is 0. The smallest absolute Gasteiger partial charge is 0.225 e. The van der Waals surface area contributed by atoms with Crippen molar-refractivity contribution in [1.29, 1.82) is 0 Å². The summed E-state index contributed by atoms with van der Waals surface area (Å²) in [4.78, 5) is 7.90. The molecule has 1 atom stereocenters. The molecule has 0 radical (unpaired) electrons. The van der Waals surface area contributed by atoms with Crippen molar-refractivity contribution < 1.29 is 14.6 Å². The van der Waals surface area contributed by atoms with E-state index in [0.29, 0.717) is 24.7 Å². The predicted molar refractivity (Wildman–Crippen MR) is 64.0 cm³/mol. The average molecular weight is 242 g/mol. The molecule has 1 aromatic heterocycles. The molecule has 0 aliphatic rings. The largest absolute Gasteiger partial charge is 0.481 e. The maximum Gasteiger partial charge on any atom is 0.225 e. The molecule has 1 aromatic rings. The first kappa shape index (κ1) is 13.5. The van der Waals surface area contributed by atoms with Crippen LogP contribution in [0.1, 0.15) is 6.42 Å². The van der Waals surface area contributed by atoms with E-state index in [9.17, 15) is 0 Å². The van der Waals surface area contributed by atoms with Gasteiger partial charge in [-0.25, -0.2) is 0 Å². The lowest BCUT2D eigenvalue weighted by Crippen LogP contribution is -2.26. The highest BCUT2D eigenvalue weighted by atomic mass is 16.5. The molecule has 0 aliphatic heterocycles. The van der Waals surface area contributed by atoms with Gasteiger partial charge in [-0.1, -0.05) is 0 Å². The lowest BCUT2D eigenvalue weighted by Gasteiger charge is -2.17. The molecule has 0 bridgehead atoms. The molecule has 0 aliphatic carbocycles. The van der Waals surface area contributed by atoms with Crippen molar-refractivity contribution in [3.63, 3.8) is 0 Å². The maximum atomic E-state index is 8.92. The zero-order valence-electron chi connectivity index (χ0n) is 10.0. The van der Waals surface area contributed by atoms with Gasteiger partial charge in [-0.15, -0.1) is 0 Å². The molecule has 4 N–H and O–H groups in total. The fraction of sp³-hybridized carbons (Fsp3) is 0.600. The first-order valence-corrected chi connectivity index (χ1v) is 5.24. The van der Waals surface area contributed by atoms with E-state index < -0.39 is 0 Å². The number of rotatable bonds is 7. The monoisotopic (exact) mass is 242 g/mol. The third kappa shape index (κ3) is 4.41. The Morgan fingerprint density at radius 3 is 2.82 bits per heavy atom. The second-order valence-corrected chi connectivity index (χ2v) is 3.46. The Labute approximate surface area is 100.0 Å². The Bertz CT molecular complexity index is 342. The lowest BCUT2D eigenvalue weighted by atomic mass is 10.2. The number of hydrogen-bond acceptors (Lipinski definition) is 7. The van der Waals surface area contributed by atoms with Crippen LogP contribution < -0.4 is 15.8 Å². The fourth-order valence-electron chi connectivity index (χ4n) is 1.38. The highest BCUT2D eigenvalue weighted by Gasteiger charge is 2.10. The van der Waals surface area contributed by atoms with Crippen LogP contribution in [0.3, 0.4) is 0 Å². The van der Waals surface area contributed by atoms with Crippen molar-refractivity contribution in [2.24, 2.45) is 0 Å². The summed E-state index contributed by atoms with van der Waals surface area (Å²) in [5, 5.41) is 12.0. The molecule has 0 saturated heterocycles. The normalized spacial score (nSPS) is 12.2. The SMILES string of the molecule is COCC(CCO)Nc1cc(OC)nc(N)n1. The third-order valence-corrected chi connectivity index (χ3v) is 2.13. The van der Waals surface area contributed by atoms with Crippen LogP contribution in [0.2, 0.25) is 0 Å². The Morgan fingerprint density at radius 1 is 1.47 bits per heavy atom. The number of nitrogens with zero attached hydrogens (tertiary/aromatic N) is 2. The second kappa shape index (κ2) is 6.87. The van der Waals surface area contributed by atoms with Gasteiger partial charge < -0.3 is 25.6 Å². The molecule has 96 valence electrons. The van der Waals surface area contributed by atoms with Crippen LogP contribution in [-0.4, -0.2) is 48.5 Å². The van der Waals surface area contributed by atoms with Crippen molar-refractivity contribution in [2.45, 2.75) is 12.5 Å². The zero-order valence-corrected chi connectivity index (χ0v) is 10.0. The van der Waals surface area contributed by atoms with Crippen LogP contribution in [0, 0.1) is 0 Å². The van der Waals surface area contributed by atoms with Gasteiger partial charge in [0.2, 0.25) is 11.8 Å². The highest BCUT2D eigenvalue weighted by Crippen LogP contribution is 2.15. The molecule has 0 aromatic carbocycles. The van der Waals surface area contributed by atoms with Crippen molar-refractivity contribution in [3.05, 3.63) is 6.07 Å². The minimum atomic E-state index is -0.0380. The summed E-state index contributed by atoms with van der Waals surface area (Å²) < 4.78 is 10.0. The van der Waals surface area contributed by atoms with Gasteiger partial charge in [0.05, 0.1) is 19.8 Å². The number of ether oxygens (including phenoxy) is 2. The van der Waals surface area contributed by atoms with Gasteiger partial charge >= 0.3 is 0 Å². The Morgan fingerprint density at radius 2 is 2.24 bits per heavy atom. The zero-order chi connectivity index (χ0) is 12.7. The Kier molecular flexibility index (Phi) is 5.44. The molecule has 7 heteroatoms. The van der Waals surface area contributed by atoms with Crippen molar-refractivity contribution in [2.75, 3.05) is 38.5 Å². The van der Waals surface area contributed by atoms with E-state index in [1.54, 1.807) is 13.2 Å². The minimum Gasteiger partial charge on any atom is -0.481 e. The fourth-order valence-corrected chi connectivity index (χ4v) is 1.38. The number of aliphatic hydroxyl groups is 1. The van der Waals surface area contributed by atoms with Crippen LogP contribution >= 0.6 is 0 Å². The van der Waals surface area contributed by atoms with Crippen LogP contribution in [0.4, 0.5) is 11.8 Å². The molecule has 17 heavy (non-hydrogen) atoms. The number of nitrogen functional groups attached to an aromatic ring is 1. The molecular weight excluding hydrogens is 224 g/mol. The first-order chi connectivity index (χ1) is 8.19. The summed E-state index contributed by atoms with van der Waals surface area (Å²) in [6.45, 7) is 0.533. The third-order valence-electron chi connectivity index (χ3n) is 2.13. The standard InChI is InChI=1S/C10H18N4O3/c1-16-6-7(3-4-15)12-8-5-9(17-2)14-10(11)13-8/h5,7,15H,3-4,6H2,1-2H3,(H3,11,12,13,14). The molecule has 1 unspecified atom stereocenters. The molecule has 0 saturated carbocycles. The van der Waals surface area contributed by atoms with E-state index in [4.69, 9.17) is 20.3 Å². The highest BCUT2D eigenvalue weighted by molar-refractivity contribution is 5.43. The minimum absolute atomic E-state index is 0.0380. The van der Waals surface area contributed by atoms with Gasteiger partial charge in [0, 0.05) is 19.8 Å². The van der Waals surface area contributed by atoms with Gasteiger partial charge in [-0.2, -0.15) is 9.97 Å². The van der Waals surface area contributed by atoms with Gasteiger partial charge in [-0.05, 0) is 6.42 Å². The van der Waals surface area contributed by atoms with Gasteiger partial charge in [-0.3, -0.25) is 0 Å². The number of hydrogen-bond donors (Lipinski definition) is 3. The summed E-state index contributed by atoms with van der Waals surface area (Å²) in [5.74, 6) is 1.07. The van der Waals surface area contributed by atoms with Crippen LogP contribution in [0.5, 0.6) is 5.88 Å². The maximum absolute atomic E-state index is 8.92. The number of anilines is 2. The topological polar surface area (TPSA) is 103 Å². The molecule has 1 rings (SSSR count). The molecule has 0 spiro atoms. The summed E-state index contributed by atoms with van der Waals surface area (Å²) in [6, 6.07) is 1.60. The molecule has 7 nitrogen and oxygen atoms in total. The van der Waals surface area contributed by atoms with Crippen molar-refractivity contribution in [3.8, 4) is 5.88 Å². The van der Waals surface area contributed by atoms with E-state index >= 15 is 0 Å². The quantitative estimate of drug-likeness (QED) is 0.612. The van der Waals surface area contributed by atoms with E-state index in [1.807, 2.05) is 0 Å². The molecule has 1 heterocycles. The summed E-state index contributed by atoms with van der Waals surface area (Å²) in [6.07, 6.45) is 0.556. The Hall–Kier alpha value is -1.60. The van der Waals surface area contributed by atoms with Crippen LogP contribution in [0.15, 0.2) is 6.07 Å². The predicted octanol–water partition coefficient (Wildman–Crippen LogP) is -0.123. The van der Waals surface area contributed by atoms with Crippen molar-refractivity contribution >= 4 is 11.8 Å². The summed E-state index contributed by atoms with van der Waals surface area (Å²) in [7, 11) is 3.10. The second-order valence-electron chi connectivity index (χ2n) is 3.46. The molecule has 0 fully saturated rings. The number of aliphatic hydroxyl groups excluding tert-OH is 1. The van der Waals surface area contributed by atoms with E-state index in [0.717, 1.165) is 0 Å². The number of nitrogens with two attached hydrogens (primary N) is 1. The lowest BCUT2D eigenvalue weighted by molar-refractivity contribution is 0.170. The van der Waals surface area contributed by atoms with Crippen molar-refractivity contribution in [1.82, 2.24) is 9.97 Å². The van der Waals surface area contributed by atoms with E-state index in [-0.39, 0.29) is 18.6 Å².